The topological polar surface area (TPSA) is 102 Å². The molecule has 0 fully saturated rings. The maximum atomic E-state index is 13.4. The molecule has 0 spiro atoms. The van der Waals surface area contributed by atoms with E-state index in [0.29, 0.717) is 33.5 Å². The molecular formula is C21H16N2O6S. The number of amides is 1. The molecule has 4 heterocycles. The number of hydrogen-bond acceptors (Lipinski definition) is 8. The summed E-state index contributed by atoms with van der Waals surface area (Å²) in [5.74, 6) is -0.362. The lowest BCUT2D eigenvalue weighted by molar-refractivity contribution is -0.117. The zero-order chi connectivity index (χ0) is 21.0. The number of Topliss-reactive ketones (excluding diaryl/α,β-unsaturated/α-hetero) is 1. The second-order valence-electron chi connectivity index (χ2n) is 6.87. The highest BCUT2D eigenvalue weighted by molar-refractivity contribution is 7.14. The van der Waals surface area contributed by atoms with Crippen molar-refractivity contribution in [2.24, 2.45) is 0 Å². The van der Waals surface area contributed by atoms with Crippen LogP contribution < -0.4 is 14.4 Å². The number of anilines is 1. The Balaban J connectivity index is 1.64. The quantitative estimate of drug-likeness (QED) is 0.635. The monoisotopic (exact) mass is 424 g/mol. The molecule has 0 bridgehead atoms. The SMILES string of the molecule is Cc1nc(C)c(C(=O)C2=C(O)C(=O)N(c3ccc4c(c3)OCO4)C2c2ccco2)s1. The second kappa shape index (κ2) is 6.74. The summed E-state index contributed by atoms with van der Waals surface area (Å²) in [5, 5.41) is 11.5. The van der Waals surface area contributed by atoms with Gasteiger partial charge in [0.2, 0.25) is 12.6 Å². The van der Waals surface area contributed by atoms with E-state index in [1.54, 1.807) is 44.2 Å². The summed E-state index contributed by atoms with van der Waals surface area (Å²) in [6, 6.07) is 7.38. The van der Waals surface area contributed by atoms with Crippen LogP contribution in [-0.4, -0.2) is 28.6 Å². The number of rotatable bonds is 4. The Labute approximate surface area is 175 Å². The minimum absolute atomic E-state index is 0.0423. The van der Waals surface area contributed by atoms with Crippen molar-refractivity contribution in [2.45, 2.75) is 19.9 Å². The molecule has 8 nitrogen and oxygen atoms in total. The zero-order valence-corrected chi connectivity index (χ0v) is 16.9. The van der Waals surface area contributed by atoms with E-state index in [9.17, 15) is 14.7 Å². The molecule has 0 saturated heterocycles. The summed E-state index contributed by atoms with van der Waals surface area (Å²) < 4.78 is 16.3. The number of carbonyl (C=O) groups excluding carboxylic acids is 2. The third kappa shape index (κ3) is 2.70. The van der Waals surface area contributed by atoms with Crippen molar-refractivity contribution < 1.29 is 28.6 Å². The number of aliphatic hydroxyl groups excluding tert-OH is 1. The number of carbonyl (C=O) groups is 2. The van der Waals surface area contributed by atoms with Crippen LogP contribution in [0.1, 0.15) is 32.2 Å². The van der Waals surface area contributed by atoms with Crippen LogP contribution in [0.15, 0.2) is 52.3 Å². The number of aryl methyl sites for hydroxylation is 2. The fourth-order valence-corrected chi connectivity index (χ4v) is 4.59. The number of ether oxygens (including phenoxy) is 2. The van der Waals surface area contributed by atoms with Crippen LogP contribution in [0.4, 0.5) is 5.69 Å². The predicted molar refractivity (Wildman–Crippen MR) is 107 cm³/mol. The fraction of sp³-hybridized carbons (Fsp3) is 0.190. The molecule has 9 heteroatoms. The van der Waals surface area contributed by atoms with Crippen molar-refractivity contribution in [1.29, 1.82) is 0 Å². The van der Waals surface area contributed by atoms with Crippen LogP contribution in [0.2, 0.25) is 0 Å². The Kier molecular flexibility index (Phi) is 4.14. The molecule has 3 aromatic rings. The maximum Gasteiger partial charge on any atom is 0.294 e. The molecule has 0 saturated carbocycles. The first-order valence-corrected chi connectivity index (χ1v) is 9.96. The molecule has 1 amide bonds. The number of thiazole rings is 1. The number of ketones is 1. The van der Waals surface area contributed by atoms with Gasteiger partial charge in [0.05, 0.1) is 27.4 Å². The first-order valence-electron chi connectivity index (χ1n) is 9.14. The molecule has 2 aromatic heterocycles. The third-order valence-corrected chi connectivity index (χ3v) is 6.08. The highest BCUT2D eigenvalue weighted by Crippen LogP contribution is 2.45. The highest BCUT2D eigenvalue weighted by Gasteiger charge is 2.47. The molecule has 1 unspecified atom stereocenters. The maximum absolute atomic E-state index is 13.4. The number of furan rings is 1. The summed E-state index contributed by atoms with van der Waals surface area (Å²) in [5.41, 5.74) is 0.951. The highest BCUT2D eigenvalue weighted by atomic mass is 32.1. The minimum Gasteiger partial charge on any atom is -0.503 e. The van der Waals surface area contributed by atoms with Crippen molar-refractivity contribution in [2.75, 3.05) is 11.7 Å². The van der Waals surface area contributed by atoms with Crippen molar-refractivity contribution >= 4 is 28.7 Å². The Morgan fingerprint density at radius 2 is 2.03 bits per heavy atom. The molecule has 1 N–H and O–H groups in total. The molecule has 152 valence electrons. The van der Waals surface area contributed by atoms with E-state index in [0.717, 1.165) is 5.01 Å². The van der Waals surface area contributed by atoms with Gasteiger partial charge in [-0.1, -0.05) is 0 Å². The lowest BCUT2D eigenvalue weighted by Gasteiger charge is -2.25. The summed E-state index contributed by atoms with van der Waals surface area (Å²) in [6.45, 7) is 3.61. The average molecular weight is 424 g/mol. The van der Waals surface area contributed by atoms with Crippen molar-refractivity contribution in [3.63, 3.8) is 0 Å². The van der Waals surface area contributed by atoms with Crippen LogP contribution in [0.25, 0.3) is 0 Å². The summed E-state index contributed by atoms with van der Waals surface area (Å²) in [4.78, 5) is 32.5. The van der Waals surface area contributed by atoms with Crippen molar-refractivity contribution in [1.82, 2.24) is 4.98 Å². The Morgan fingerprint density at radius 3 is 2.73 bits per heavy atom. The lowest BCUT2D eigenvalue weighted by Crippen LogP contribution is -2.30. The molecule has 0 aliphatic carbocycles. The van der Waals surface area contributed by atoms with E-state index >= 15 is 0 Å². The number of aliphatic hydroxyl groups is 1. The van der Waals surface area contributed by atoms with Gasteiger partial charge >= 0.3 is 0 Å². The van der Waals surface area contributed by atoms with E-state index in [1.165, 1.54) is 22.5 Å². The molecule has 2 aliphatic rings. The number of hydrogen-bond donors (Lipinski definition) is 1. The first-order chi connectivity index (χ1) is 14.5. The van der Waals surface area contributed by atoms with Gasteiger partial charge in [0.25, 0.3) is 5.91 Å². The predicted octanol–water partition coefficient (Wildman–Crippen LogP) is 3.86. The normalized spacial score (nSPS) is 17.9. The van der Waals surface area contributed by atoms with Gasteiger partial charge in [0.15, 0.2) is 17.3 Å². The van der Waals surface area contributed by atoms with Crippen molar-refractivity contribution in [3.8, 4) is 11.5 Å². The van der Waals surface area contributed by atoms with E-state index in [2.05, 4.69) is 4.98 Å². The van der Waals surface area contributed by atoms with Crippen LogP contribution in [0.3, 0.4) is 0 Å². The number of fused-ring (bicyclic) bond motifs is 1. The zero-order valence-electron chi connectivity index (χ0n) is 16.0. The van der Waals surface area contributed by atoms with Crippen LogP contribution >= 0.6 is 11.3 Å². The second-order valence-corrected chi connectivity index (χ2v) is 8.07. The van der Waals surface area contributed by atoms with Crippen molar-refractivity contribution in [3.05, 3.63) is 69.3 Å². The fourth-order valence-electron chi connectivity index (χ4n) is 3.72. The van der Waals surface area contributed by atoms with E-state index in [1.807, 2.05) is 0 Å². The number of nitrogens with zero attached hydrogens (tertiary/aromatic N) is 2. The van der Waals surface area contributed by atoms with Gasteiger partial charge in [-0.25, -0.2) is 4.98 Å². The Bertz CT molecular complexity index is 1210. The van der Waals surface area contributed by atoms with Gasteiger partial charge in [-0.3, -0.25) is 14.5 Å². The lowest BCUT2D eigenvalue weighted by atomic mass is 9.99. The number of benzene rings is 1. The minimum atomic E-state index is -0.929. The Morgan fingerprint density at radius 1 is 1.23 bits per heavy atom. The smallest absolute Gasteiger partial charge is 0.294 e. The van der Waals surface area contributed by atoms with Gasteiger partial charge in [-0.15, -0.1) is 11.3 Å². The summed E-state index contributed by atoms with van der Waals surface area (Å²) in [6.07, 6.45) is 1.46. The van der Waals surface area contributed by atoms with Crippen LogP contribution in [0.5, 0.6) is 11.5 Å². The van der Waals surface area contributed by atoms with Crippen LogP contribution in [0, 0.1) is 13.8 Å². The molecular weight excluding hydrogens is 408 g/mol. The third-order valence-electron chi connectivity index (χ3n) is 5.01. The van der Waals surface area contributed by atoms with Gasteiger partial charge < -0.3 is 19.0 Å². The van der Waals surface area contributed by atoms with Gasteiger partial charge in [0, 0.05) is 11.8 Å². The van der Waals surface area contributed by atoms with E-state index < -0.39 is 23.5 Å². The first kappa shape index (κ1) is 18.4. The van der Waals surface area contributed by atoms with E-state index in [-0.39, 0.29) is 12.4 Å². The van der Waals surface area contributed by atoms with E-state index in [4.69, 9.17) is 13.9 Å². The van der Waals surface area contributed by atoms with Crippen LogP contribution in [-0.2, 0) is 4.79 Å². The standard InChI is InChI=1S/C21H16N2O6S/c1-10-20(30-11(2)22-10)18(24)16-17(14-4-3-7-27-14)23(21(26)19(16)25)12-5-6-13-15(8-12)29-9-28-13/h3-8,17,25H,9H2,1-2H3. The van der Waals surface area contributed by atoms with Gasteiger partial charge in [-0.05, 0) is 38.1 Å². The molecule has 5 rings (SSSR count). The molecule has 1 atom stereocenters. The van der Waals surface area contributed by atoms with Gasteiger partial charge in [-0.2, -0.15) is 0 Å². The number of aromatic nitrogens is 1. The average Bonchev–Trinajstić information content (AvgIpc) is 3.49. The Hall–Kier alpha value is -3.59. The largest absolute Gasteiger partial charge is 0.503 e. The molecule has 2 aliphatic heterocycles. The van der Waals surface area contributed by atoms with Gasteiger partial charge in [0.1, 0.15) is 11.8 Å². The molecule has 0 radical (unpaired) electrons. The molecule has 1 aromatic carbocycles. The summed E-state index contributed by atoms with van der Waals surface area (Å²) in [7, 11) is 0. The summed E-state index contributed by atoms with van der Waals surface area (Å²) >= 11 is 1.22. The molecule has 30 heavy (non-hydrogen) atoms.